The quantitative estimate of drug-likeness (QED) is 0.653. The average molecular weight is 479 g/mol. The van der Waals surface area contributed by atoms with Crippen LogP contribution >= 0.6 is 0 Å². The first-order valence-electron chi connectivity index (χ1n) is 11.5. The summed E-state index contributed by atoms with van der Waals surface area (Å²) in [6, 6.07) is 13.9. The molecule has 2 aromatic rings. The largest absolute Gasteiger partial charge is 0.487 e. The molecule has 35 heavy (non-hydrogen) atoms. The van der Waals surface area contributed by atoms with Gasteiger partial charge in [0, 0.05) is 44.6 Å². The number of rotatable bonds is 7. The van der Waals surface area contributed by atoms with E-state index in [0.29, 0.717) is 37.2 Å². The number of carbonyl (C=O) groups is 2. The van der Waals surface area contributed by atoms with Gasteiger partial charge in [-0.3, -0.25) is 9.69 Å². The van der Waals surface area contributed by atoms with Crippen molar-refractivity contribution in [2.45, 2.75) is 32.0 Å². The molecule has 182 valence electrons. The molecule has 2 aliphatic rings. The van der Waals surface area contributed by atoms with E-state index in [1.54, 1.807) is 12.1 Å². The predicted octanol–water partition coefficient (Wildman–Crippen LogP) is 3.67. The maximum Gasteiger partial charge on any atom is 0.414 e. The van der Waals surface area contributed by atoms with Crippen molar-refractivity contribution in [3.8, 4) is 11.8 Å². The molecule has 0 aliphatic carbocycles. The molecule has 2 aromatic carbocycles. The number of piperidine rings is 1. The average Bonchev–Trinajstić information content (AvgIpc) is 3.24. The number of likely N-dealkylation sites (tertiary alicyclic amines) is 1. The number of carbonyl (C=O) groups excluding carboxylic acids is 2. The van der Waals surface area contributed by atoms with Crippen LogP contribution in [0.15, 0.2) is 49.0 Å². The van der Waals surface area contributed by atoms with Crippen molar-refractivity contribution in [1.82, 2.24) is 10.2 Å². The molecule has 1 atom stereocenters. The van der Waals surface area contributed by atoms with Gasteiger partial charge in [0.25, 0.3) is 0 Å². The molecule has 4 rings (SSSR count). The Morgan fingerprint density at radius 1 is 1.29 bits per heavy atom. The molecule has 0 aromatic heterocycles. The van der Waals surface area contributed by atoms with Gasteiger partial charge in [-0.25, -0.2) is 9.18 Å². The Bertz CT molecular complexity index is 1170. The summed E-state index contributed by atoms with van der Waals surface area (Å²) in [7, 11) is 0. The van der Waals surface area contributed by atoms with Crippen molar-refractivity contribution in [3.05, 3.63) is 66.0 Å². The number of hydrogen-bond donors (Lipinski definition) is 1. The fourth-order valence-corrected chi connectivity index (χ4v) is 4.22. The molecule has 9 heteroatoms. The van der Waals surface area contributed by atoms with E-state index in [9.17, 15) is 14.0 Å². The summed E-state index contributed by atoms with van der Waals surface area (Å²) in [5.74, 6) is -0.633. The topological polar surface area (TPSA) is 94.9 Å². The zero-order chi connectivity index (χ0) is 24.9. The van der Waals surface area contributed by atoms with Gasteiger partial charge in [-0.1, -0.05) is 18.7 Å². The van der Waals surface area contributed by atoms with E-state index in [-0.39, 0.29) is 30.9 Å². The molecule has 2 fully saturated rings. The third-order valence-corrected chi connectivity index (χ3v) is 6.12. The zero-order valence-electron chi connectivity index (χ0n) is 19.5. The van der Waals surface area contributed by atoms with Gasteiger partial charge in [-0.2, -0.15) is 5.26 Å². The van der Waals surface area contributed by atoms with Crippen LogP contribution in [0.25, 0.3) is 5.70 Å². The van der Waals surface area contributed by atoms with Gasteiger partial charge in [0.2, 0.25) is 5.91 Å². The molecule has 2 aliphatic heterocycles. The van der Waals surface area contributed by atoms with Crippen LogP contribution in [0.3, 0.4) is 0 Å². The van der Waals surface area contributed by atoms with Gasteiger partial charge in [0.1, 0.15) is 12.2 Å². The lowest BCUT2D eigenvalue weighted by Gasteiger charge is -2.35. The van der Waals surface area contributed by atoms with Crippen LogP contribution < -0.4 is 15.0 Å². The van der Waals surface area contributed by atoms with Crippen LogP contribution in [0.4, 0.5) is 14.9 Å². The number of hydrogen-bond acceptors (Lipinski definition) is 6. The predicted molar refractivity (Wildman–Crippen MR) is 128 cm³/mol. The Hall–Kier alpha value is -4.06. The molecule has 0 radical (unpaired) electrons. The number of anilines is 1. The second-order valence-corrected chi connectivity index (χ2v) is 8.61. The summed E-state index contributed by atoms with van der Waals surface area (Å²) in [4.78, 5) is 26.7. The SMILES string of the molecule is C=C(c1cccc(C#N)c1)N1CCC(Oc2ccc(N3C[C@H](CNC(C)=O)OC3=O)cc2F)CC1. The third kappa shape index (κ3) is 5.72. The van der Waals surface area contributed by atoms with Gasteiger partial charge in [0.05, 0.1) is 30.4 Å². The molecule has 2 amide bonds. The molecule has 2 saturated heterocycles. The van der Waals surface area contributed by atoms with E-state index in [2.05, 4.69) is 22.9 Å². The Morgan fingerprint density at radius 2 is 2.06 bits per heavy atom. The highest BCUT2D eigenvalue weighted by Crippen LogP contribution is 2.30. The van der Waals surface area contributed by atoms with Crippen LogP contribution in [0.1, 0.15) is 30.9 Å². The summed E-state index contributed by atoms with van der Waals surface area (Å²) < 4.78 is 26.0. The lowest BCUT2D eigenvalue weighted by molar-refractivity contribution is -0.119. The van der Waals surface area contributed by atoms with Gasteiger partial charge in [0.15, 0.2) is 11.6 Å². The van der Waals surface area contributed by atoms with Gasteiger partial charge in [-0.15, -0.1) is 0 Å². The molecule has 0 spiro atoms. The number of nitriles is 1. The maximum absolute atomic E-state index is 14.8. The molecular weight excluding hydrogens is 451 g/mol. The smallest absolute Gasteiger partial charge is 0.414 e. The summed E-state index contributed by atoms with van der Waals surface area (Å²) in [5.41, 5.74) is 2.72. The monoisotopic (exact) mass is 478 g/mol. The molecular formula is C26H27FN4O4. The highest BCUT2D eigenvalue weighted by molar-refractivity contribution is 5.90. The second-order valence-electron chi connectivity index (χ2n) is 8.61. The fraction of sp³-hybridized carbons (Fsp3) is 0.346. The van der Waals surface area contributed by atoms with Crippen LogP contribution in [0.2, 0.25) is 0 Å². The standard InChI is InChI=1S/C26H27FN4O4/c1-17(20-5-3-4-19(12-20)14-28)30-10-8-22(9-11-30)34-25-7-6-21(13-24(25)27)31-16-23(35-26(31)33)15-29-18(2)32/h3-7,12-13,22-23H,1,8-11,15-16H2,2H3,(H,29,32)/t23-/m0/s1. The number of ether oxygens (including phenoxy) is 2. The van der Waals surface area contributed by atoms with Crippen LogP contribution in [-0.2, 0) is 9.53 Å². The number of halogens is 1. The van der Waals surface area contributed by atoms with Crippen molar-refractivity contribution in [3.63, 3.8) is 0 Å². The lowest BCUT2D eigenvalue weighted by Crippen LogP contribution is -2.37. The minimum Gasteiger partial charge on any atom is -0.487 e. The van der Waals surface area contributed by atoms with Crippen LogP contribution in [-0.4, -0.2) is 55.3 Å². The zero-order valence-corrected chi connectivity index (χ0v) is 19.5. The fourth-order valence-electron chi connectivity index (χ4n) is 4.22. The minimum absolute atomic E-state index is 0.134. The Morgan fingerprint density at radius 3 is 2.74 bits per heavy atom. The Labute approximate surface area is 203 Å². The third-order valence-electron chi connectivity index (χ3n) is 6.12. The molecule has 2 heterocycles. The van der Waals surface area contributed by atoms with Crippen molar-refractivity contribution >= 4 is 23.4 Å². The first kappa shape index (κ1) is 24.1. The van der Waals surface area contributed by atoms with E-state index in [0.717, 1.165) is 11.3 Å². The minimum atomic E-state index is -0.582. The Balaban J connectivity index is 1.32. The van der Waals surface area contributed by atoms with Crippen molar-refractivity contribution in [2.24, 2.45) is 0 Å². The van der Waals surface area contributed by atoms with Gasteiger partial charge in [-0.05, 0) is 29.8 Å². The van der Waals surface area contributed by atoms with E-state index >= 15 is 0 Å². The first-order valence-corrected chi connectivity index (χ1v) is 11.5. The normalized spacial score (nSPS) is 18.1. The van der Waals surface area contributed by atoms with Crippen LogP contribution in [0.5, 0.6) is 5.75 Å². The summed E-state index contributed by atoms with van der Waals surface area (Å²) in [6.07, 6.45) is 0.167. The van der Waals surface area contributed by atoms with Crippen molar-refractivity contribution < 1.29 is 23.5 Å². The van der Waals surface area contributed by atoms with Gasteiger partial charge < -0.3 is 19.7 Å². The first-order chi connectivity index (χ1) is 16.8. The van der Waals surface area contributed by atoms with E-state index in [1.165, 1.54) is 24.0 Å². The van der Waals surface area contributed by atoms with Gasteiger partial charge >= 0.3 is 6.09 Å². The molecule has 0 bridgehead atoms. The highest BCUT2D eigenvalue weighted by Gasteiger charge is 2.33. The summed E-state index contributed by atoms with van der Waals surface area (Å²) in [5, 5.41) is 11.7. The molecule has 1 N–H and O–H groups in total. The molecule has 0 unspecified atom stereocenters. The number of nitrogens with zero attached hydrogens (tertiary/aromatic N) is 3. The number of nitrogens with one attached hydrogen (secondary N) is 1. The Kier molecular flexibility index (Phi) is 7.20. The molecule has 0 saturated carbocycles. The summed E-state index contributed by atoms with van der Waals surface area (Å²) >= 11 is 0. The van der Waals surface area contributed by atoms with E-state index in [4.69, 9.17) is 14.7 Å². The van der Waals surface area contributed by atoms with Crippen molar-refractivity contribution in [2.75, 3.05) is 31.1 Å². The van der Waals surface area contributed by atoms with E-state index < -0.39 is 18.0 Å². The molecule has 8 nitrogen and oxygen atoms in total. The van der Waals surface area contributed by atoms with E-state index in [1.807, 2.05) is 18.2 Å². The number of amides is 2. The van der Waals surface area contributed by atoms with Crippen molar-refractivity contribution in [1.29, 1.82) is 5.26 Å². The summed E-state index contributed by atoms with van der Waals surface area (Å²) in [6.45, 7) is 7.40. The highest BCUT2D eigenvalue weighted by atomic mass is 19.1. The lowest BCUT2D eigenvalue weighted by atomic mass is 10.0. The number of cyclic esters (lactones) is 1. The maximum atomic E-state index is 14.8. The second kappa shape index (κ2) is 10.5. The van der Waals surface area contributed by atoms with Crippen LogP contribution in [0, 0.1) is 17.1 Å². The number of benzene rings is 2.